The molecule has 0 aromatic heterocycles. The lowest BCUT2D eigenvalue weighted by molar-refractivity contribution is -0.0453. The number of para-hydroxylation sites is 4. The van der Waals surface area contributed by atoms with Gasteiger partial charge in [-0.2, -0.15) is 0 Å². The lowest BCUT2D eigenvalue weighted by atomic mass is 10.3. The monoisotopic (exact) mass is 490 g/mol. The molecule has 0 aliphatic carbocycles. The smallest absolute Gasteiger partial charge is 0.161 e. The van der Waals surface area contributed by atoms with Gasteiger partial charge in [-0.05, 0) is 24.3 Å². The first-order chi connectivity index (χ1) is 17.4. The lowest BCUT2D eigenvalue weighted by Gasteiger charge is -2.24. The number of benzene rings is 2. The van der Waals surface area contributed by atoms with Gasteiger partial charge in [0.15, 0.2) is 23.0 Å². The predicted molar refractivity (Wildman–Crippen MR) is 127 cm³/mol. The van der Waals surface area contributed by atoms with Gasteiger partial charge in [-0.3, -0.25) is 0 Å². The van der Waals surface area contributed by atoms with Gasteiger partial charge >= 0.3 is 0 Å². The van der Waals surface area contributed by atoms with Crippen LogP contribution >= 0.6 is 0 Å². The van der Waals surface area contributed by atoms with Crippen molar-refractivity contribution in [3.8, 4) is 23.0 Å². The van der Waals surface area contributed by atoms with Gasteiger partial charge < -0.3 is 42.6 Å². The molecule has 4 rings (SSSR count). The van der Waals surface area contributed by atoms with Gasteiger partial charge in [0.1, 0.15) is 38.6 Å². The first-order valence-corrected chi connectivity index (χ1v) is 12.0. The first-order valence-electron chi connectivity index (χ1n) is 12.0. The van der Waals surface area contributed by atoms with Crippen molar-refractivity contribution in [2.45, 2.75) is 12.2 Å². The zero-order chi connectivity index (χ0) is 24.0. The Morgan fingerprint density at radius 1 is 0.400 bits per heavy atom. The van der Waals surface area contributed by atoms with Crippen molar-refractivity contribution in [2.24, 2.45) is 0 Å². The van der Waals surface area contributed by atoms with E-state index >= 15 is 0 Å². The Kier molecular flexibility index (Phi) is 10.8. The molecule has 2 aromatic rings. The second-order valence-electron chi connectivity index (χ2n) is 7.96. The van der Waals surface area contributed by atoms with Gasteiger partial charge in [-0.1, -0.05) is 24.3 Å². The third kappa shape index (κ3) is 8.87. The van der Waals surface area contributed by atoms with E-state index in [0.717, 1.165) is 0 Å². The zero-order valence-electron chi connectivity index (χ0n) is 19.9. The molecule has 2 heterocycles. The van der Waals surface area contributed by atoms with Crippen molar-refractivity contribution >= 4 is 0 Å². The topological polar surface area (TPSA) is 83.1 Å². The maximum Gasteiger partial charge on any atom is 0.161 e. The van der Waals surface area contributed by atoms with Crippen molar-refractivity contribution in [1.29, 1.82) is 0 Å². The normalized spacial score (nSPS) is 23.5. The Morgan fingerprint density at radius 2 is 0.686 bits per heavy atom. The predicted octanol–water partition coefficient (Wildman–Crippen LogP) is 2.75. The maximum absolute atomic E-state index is 6.09. The molecule has 35 heavy (non-hydrogen) atoms. The molecule has 192 valence electrons. The van der Waals surface area contributed by atoms with E-state index in [0.29, 0.717) is 75.9 Å². The number of hydrogen-bond acceptors (Lipinski definition) is 9. The summed E-state index contributed by atoms with van der Waals surface area (Å²) in [4.78, 5) is 0. The molecule has 0 saturated carbocycles. The molecule has 2 aliphatic heterocycles. The molecule has 0 unspecified atom stereocenters. The molecule has 0 saturated heterocycles. The molecular formula is C26H34O9. The summed E-state index contributed by atoms with van der Waals surface area (Å²) in [5.41, 5.74) is 0. The summed E-state index contributed by atoms with van der Waals surface area (Å²) in [7, 11) is 0. The minimum Gasteiger partial charge on any atom is -0.487 e. The van der Waals surface area contributed by atoms with Crippen LogP contribution in [-0.2, 0) is 23.7 Å². The van der Waals surface area contributed by atoms with Crippen molar-refractivity contribution in [1.82, 2.24) is 0 Å². The molecular weight excluding hydrogens is 456 g/mol. The fourth-order valence-electron chi connectivity index (χ4n) is 3.49. The second kappa shape index (κ2) is 14.8. The van der Waals surface area contributed by atoms with Crippen LogP contribution in [-0.4, -0.2) is 91.5 Å². The molecule has 2 bridgehead atoms. The molecule has 0 radical (unpaired) electrons. The number of ether oxygens (including phenoxy) is 9. The van der Waals surface area contributed by atoms with E-state index in [4.69, 9.17) is 42.6 Å². The average molecular weight is 491 g/mol. The third-order valence-electron chi connectivity index (χ3n) is 5.30. The third-order valence-corrected chi connectivity index (χ3v) is 5.30. The quantitative estimate of drug-likeness (QED) is 0.554. The fourth-order valence-corrected chi connectivity index (χ4v) is 3.49. The number of hydrogen-bond donors (Lipinski definition) is 0. The molecule has 9 heteroatoms. The van der Waals surface area contributed by atoms with Crippen molar-refractivity contribution in [3.63, 3.8) is 0 Å². The minimum absolute atomic E-state index is 0.282. The summed E-state index contributed by atoms with van der Waals surface area (Å²) in [6, 6.07) is 15.1. The fraction of sp³-hybridized carbons (Fsp3) is 0.538. The van der Waals surface area contributed by atoms with Crippen LogP contribution in [0.3, 0.4) is 0 Å². The van der Waals surface area contributed by atoms with Crippen LogP contribution < -0.4 is 18.9 Å². The first kappa shape index (κ1) is 25.5. The Bertz CT molecular complexity index is 739. The molecule has 0 fully saturated rings. The molecule has 2 aliphatic rings. The number of rotatable bonds is 0. The highest BCUT2D eigenvalue weighted by atomic mass is 16.6. The maximum atomic E-state index is 6.09. The molecule has 9 nitrogen and oxygen atoms in total. The van der Waals surface area contributed by atoms with Crippen LogP contribution in [0.25, 0.3) is 0 Å². The van der Waals surface area contributed by atoms with Crippen LogP contribution in [0.15, 0.2) is 48.5 Å². The summed E-state index contributed by atoms with van der Waals surface area (Å²) in [5.74, 6) is 2.50. The zero-order valence-corrected chi connectivity index (χ0v) is 19.9. The molecule has 0 amide bonds. The number of fused-ring (bicyclic) bond motifs is 5. The molecule has 0 spiro atoms. The Morgan fingerprint density at radius 3 is 1.00 bits per heavy atom. The van der Waals surface area contributed by atoms with Crippen LogP contribution in [0.5, 0.6) is 23.0 Å². The average Bonchev–Trinajstić information content (AvgIpc) is 2.89. The van der Waals surface area contributed by atoms with Crippen LogP contribution in [0.4, 0.5) is 0 Å². The summed E-state index contributed by atoms with van der Waals surface area (Å²) in [6.45, 7) is 4.78. The largest absolute Gasteiger partial charge is 0.487 e. The lowest BCUT2D eigenvalue weighted by Crippen LogP contribution is -2.32. The van der Waals surface area contributed by atoms with E-state index in [-0.39, 0.29) is 38.6 Å². The van der Waals surface area contributed by atoms with Gasteiger partial charge in [0.2, 0.25) is 0 Å². The van der Waals surface area contributed by atoms with E-state index in [1.54, 1.807) is 0 Å². The molecule has 0 atom stereocenters. The van der Waals surface area contributed by atoms with E-state index in [1.165, 1.54) is 0 Å². The van der Waals surface area contributed by atoms with E-state index in [2.05, 4.69) is 0 Å². The van der Waals surface area contributed by atoms with Gasteiger partial charge in [0.05, 0.1) is 52.9 Å². The van der Waals surface area contributed by atoms with Crippen LogP contribution in [0.2, 0.25) is 0 Å². The van der Waals surface area contributed by atoms with E-state index < -0.39 is 0 Å². The van der Waals surface area contributed by atoms with Crippen LogP contribution in [0, 0.1) is 0 Å². The molecule has 0 N–H and O–H groups in total. The Labute approximate surface area is 206 Å². The van der Waals surface area contributed by atoms with Gasteiger partial charge in [-0.25, -0.2) is 0 Å². The van der Waals surface area contributed by atoms with Crippen molar-refractivity contribution in [2.75, 3.05) is 79.3 Å². The summed E-state index contributed by atoms with van der Waals surface area (Å²) in [5, 5.41) is 0. The van der Waals surface area contributed by atoms with Gasteiger partial charge in [0.25, 0.3) is 0 Å². The van der Waals surface area contributed by atoms with E-state index in [1.807, 2.05) is 48.5 Å². The van der Waals surface area contributed by atoms with Crippen molar-refractivity contribution in [3.05, 3.63) is 48.5 Å². The van der Waals surface area contributed by atoms with Gasteiger partial charge in [-0.15, -0.1) is 0 Å². The Hall–Kier alpha value is -2.56. The highest BCUT2D eigenvalue weighted by Crippen LogP contribution is 2.29. The van der Waals surface area contributed by atoms with Crippen molar-refractivity contribution < 1.29 is 42.6 Å². The minimum atomic E-state index is -0.332. The van der Waals surface area contributed by atoms with E-state index in [9.17, 15) is 0 Å². The highest BCUT2D eigenvalue weighted by molar-refractivity contribution is 5.40. The van der Waals surface area contributed by atoms with Gasteiger partial charge in [0, 0.05) is 0 Å². The standard InChI is InChI=1S/C26H34O9/c1-2-6-24-23(5-1)32-17-21-19-34-25-7-3-4-8-26(25)35-20-22(18-33-24)31-16-14-29-12-10-27-9-11-28-13-15-30-21/h1-8,21-22H,9-20H2. The SMILES string of the molecule is c1ccc2c(c1)OCC1COc3ccccc3OCC(CO2)OCCOCCOCCOCCO1. The summed E-state index contributed by atoms with van der Waals surface area (Å²) in [6.07, 6.45) is -0.664. The highest BCUT2D eigenvalue weighted by Gasteiger charge is 2.19. The molecule has 2 aromatic carbocycles. The summed E-state index contributed by atoms with van der Waals surface area (Å²) < 4.78 is 53.1. The van der Waals surface area contributed by atoms with Crippen LogP contribution in [0.1, 0.15) is 0 Å². The summed E-state index contributed by atoms with van der Waals surface area (Å²) >= 11 is 0. The Balaban J connectivity index is 1.53. The second-order valence-corrected chi connectivity index (χ2v) is 7.96.